The maximum atomic E-state index is 13.9. The minimum atomic E-state index is -5.38. The van der Waals surface area contributed by atoms with Crippen LogP contribution in [0.15, 0.2) is 42.7 Å². The summed E-state index contributed by atoms with van der Waals surface area (Å²) < 4.78 is 59.9. The van der Waals surface area contributed by atoms with Crippen LogP contribution in [0.2, 0.25) is 0 Å². The number of esters is 1. The summed E-state index contributed by atoms with van der Waals surface area (Å²) in [6.07, 6.45) is -3.13. The summed E-state index contributed by atoms with van der Waals surface area (Å²) in [5, 5.41) is 3.25. The van der Waals surface area contributed by atoms with Crippen LogP contribution in [0.4, 0.5) is 23.5 Å². The van der Waals surface area contributed by atoms with Crippen molar-refractivity contribution in [3.05, 3.63) is 54.1 Å². The molecule has 27 heavy (non-hydrogen) atoms. The van der Waals surface area contributed by atoms with Crippen molar-refractivity contribution in [3.8, 4) is 0 Å². The highest BCUT2D eigenvalue weighted by molar-refractivity contribution is 5.99. The quantitative estimate of drug-likeness (QED) is 0.450. The molecule has 0 saturated heterocycles. The van der Waals surface area contributed by atoms with E-state index in [2.05, 4.69) is 14.7 Å². The number of ether oxygens (including phenoxy) is 1. The van der Waals surface area contributed by atoms with Gasteiger partial charge in [-0.3, -0.25) is 4.79 Å². The number of anilines is 1. The van der Waals surface area contributed by atoms with Crippen LogP contribution in [-0.2, 0) is 9.53 Å². The zero-order chi connectivity index (χ0) is 20.1. The van der Waals surface area contributed by atoms with Crippen LogP contribution in [0.25, 0.3) is 0 Å². The summed E-state index contributed by atoms with van der Waals surface area (Å²) in [6, 6.07) is 5.71. The van der Waals surface area contributed by atoms with E-state index < -0.39 is 47.7 Å². The third-order valence-electron chi connectivity index (χ3n) is 3.29. The molecule has 7 nitrogen and oxygen atoms in total. The van der Waals surface area contributed by atoms with Crippen molar-refractivity contribution in [1.29, 1.82) is 0 Å². The molecule has 0 radical (unpaired) electrons. The third kappa shape index (κ3) is 4.30. The van der Waals surface area contributed by atoms with Gasteiger partial charge in [-0.05, 0) is 25.1 Å². The summed E-state index contributed by atoms with van der Waals surface area (Å²) in [5.41, 5.74) is -4.42. The lowest BCUT2D eigenvalue weighted by molar-refractivity contribution is -0.204. The Kier molecular flexibility index (Phi) is 5.93. The van der Waals surface area contributed by atoms with Crippen LogP contribution in [0, 0.1) is 5.82 Å². The molecule has 0 bridgehead atoms. The van der Waals surface area contributed by atoms with E-state index in [9.17, 15) is 27.2 Å². The predicted molar refractivity (Wildman–Crippen MR) is 84.9 cm³/mol. The average Bonchev–Trinajstić information content (AvgIpc) is 2.61. The first-order chi connectivity index (χ1) is 12.7. The number of amides is 1. The summed E-state index contributed by atoms with van der Waals surface area (Å²) in [4.78, 5) is 31.6. The van der Waals surface area contributed by atoms with Gasteiger partial charge < -0.3 is 15.4 Å². The number of rotatable bonds is 6. The van der Waals surface area contributed by atoms with Crippen molar-refractivity contribution in [1.82, 2.24) is 15.3 Å². The van der Waals surface area contributed by atoms with Gasteiger partial charge in [0.05, 0.1) is 12.2 Å². The fourth-order valence-electron chi connectivity index (χ4n) is 2.04. The maximum absolute atomic E-state index is 13.9. The molecule has 1 heterocycles. The molecule has 0 aliphatic rings. The minimum absolute atomic E-state index is 0.399. The molecular formula is C16H14F4N4O3. The van der Waals surface area contributed by atoms with Gasteiger partial charge >= 0.3 is 17.8 Å². The number of nitrogens with zero attached hydrogens (tertiary/aromatic N) is 2. The van der Waals surface area contributed by atoms with Gasteiger partial charge in [0.2, 0.25) is 5.95 Å². The Labute approximate surface area is 150 Å². The Morgan fingerprint density at radius 2 is 1.74 bits per heavy atom. The second kappa shape index (κ2) is 7.98. The predicted octanol–water partition coefficient (Wildman–Crippen LogP) is 2.28. The normalized spacial score (nSPS) is 13.4. The van der Waals surface area contributed by atoms with Gasteiger partial charge in [-0.1, -0.05) is 12.1 Å². The monoisotopic (exact) mass is 386 g/mol. The van der Waals surface area contributed by atoms with Crippen molar-refractivity contribution in [2.45, 2.75) is 18.8 Å². The Bertz CT molecular complexity index is 817. The van der Waals surface area contributed by atoms with Crippen molar-refractivity contribution >= 4 is 17.8 Å². The van der Waals surface area contributed by atoms with Gasteiger partial charge in [0.15, 0.2) is 0 Å². The molecule has 1 aromatic carbocycles. The molecule has 0 saturated carbocycles. The number of hydrogen-bond acceptors (Lipinski definition) is 6. The number of carbonyl (C=O) groups is 2. The van der Waals surface area contributed by atoms with E-state index in [-0.39, 0.29) is 0 Å². The van der Waals surface area contributed by atoms with E-state index in [0.717, 1.165) is 24.5 Å². The van der Waals surface area contributed by atoms with Gasteiger partial charge in [0.25, 0.3) is 5.91 Å². The van der Waals surface area contributed by atoms with Gasteiger partial charge in [-0.2, -0.15) is 13.2 Å². The van der Waals surface area contributed by atoms with Crippen LogP contribution in [0.3, 0.4) is 0 Å². The smallest absolute Gasteiger partial charge is 0.442 e. The number of alkyl halides is 3. The van der Waals surface area contributed by atoms with Gasteiger partial charge in [-0.15, -0.1) is 0 Å². The molecule has 144 valence electrons. The van der Waals surface area contributed by atoms with E-state index in [0.29, 0.717) is 0 Å². The van der Waals surface area contributed by atoms with E-state index in [1.54, 1.807) is 5.32 Å². The van der Waals surface area contributed by atoms with Crippen molar-refractivity contribution in [2.75, 3.05) is 11.9 Å². The van der Waals surface area contributed by atoms with Gasteiger partial charge in [0.1, 0.15) is 5.82 Å². The number of hydrogen-bond donors (Lipinski definition) is 2. The van der Waals surface area contributed by atoms with Crippen LogP contribution in [0.1, 0.15) is 17.3 Å². The lowest BCUT2D eigenvalue weighted by atomic mass is 10.1. The molecule has 0 aliphatic carbocycles. The van der Waals surface area contributed by atoms with E-state index >= 15 is 0 Å². The zero-order valence-electron chi connectivity index (χ0n) is 13.9. The van der Waals surface area contributed by atoms with Gasteiger partial charge in [0, 0.05) is 12.4 Å². The molecule has 2 N–H and O–H groups in total. The fraction of sp³-hybridized carbons (Fsp3) is 0.250. The molecule has 2 aromatic rings. The molecule has 0 spiro atoms. The molecule has 0 fully saturated rings. The number of nitrogens with one attached hydrogen (secondary N) is 2. The molecular weight excluding hydrogens is 372 g/mol. The first-order valence-electron chi connectivity index (χ1n) is 7.57. The molecule has 0 aliphatic heterocycles. The third-order valence-corrected chi connectivity index (χ3v) is 3.29. The number of carbonyl (C=O) groups excluding carboxylic acids is 2. The molecule has 2 rings (SSSR count). The average molecular weight is 386 g/mol. The SMILES string of the molecule is CCOC(=O)[C@](NC(=O)c1ccccc1F)(Nc1ncccn1)C(F)(F)F. The Morgan fingerprint density at radius 1 is 1.11 bits per heavy atom. The highest BCUT2D eigenvalue weighted by atomic mass is 19.4. The van der Waals surface area contributed by atoms with E-state index in [1.807, 2.05) is 0 Å². The standard InChI is InChI=1S/C16H14F4N4O3/c1-2-27-13(26)15(16(18,19)20,24-14-21-8-5-9-22-14)23-12(25)10-6-3-4-7-11(10)17/h3-9H,2H2,1H3,(H,23,25)(H,21,22,24)/t15-/m0/s1. The highest BCUT2D eigenvalue weighted by Crippen LogP contribution is 2.32. The molecule has 11 heteroatoms. The zero-order valence-corrected chi connectivity index (χ0v) is 13.9. The lowest BCUT2D eigenvalue weighted by Gasteiger charge is -2.34. The first kappa shape index (κ1) is 20.1. The van der Waals surface area contributed by atoms with Crippen LogP contribution >= 0.6 is 0 Å². The van der Waals surface area contributed by atoms with Gasteiger partial charge in [-0.25, -0.2) is 19.2 Å². The van der Waals surface area contributed by atoms with Crippen LogP contribution in [-0.4, -0.2) is 40.3 Å². The highest BCUT2D eigenvalue weighted by Gasteiger charge is 2.64. The summed E-state index contributed by atoms with van der Waals surface area (Å²) in [7, 11) is 0. The number of benzene rings is 1. The molecule has 1 atom stereocenters. The number of halogens is 4. The summed E-state index contributed by atoms with van der Waals surface area (Å²) >= 11 is 0. The second-order valence-corrected chi connectivity index (χ2v) is 5.10. The van der Waals surface area contributed by atoms with Crippen molar-refractivity contribution in [2.24, 2.45) is 0 Å². The van der Waals surface area contributed by atoms with E-state index in [1.165, 1.54) is 30.4 Å². The Balaban J connectivity index is 2.51. The van der Waals surface area contributed by atoms with E-state index in [4.69, 9.17) is 0 Å². The molecule has 1 amide bonds. The Hall–Kier alpha value is -3.24. The van der Waals surface area contributed by atoms with Crippen LogP contribution in [0.5, 0.6) is 0 Å². The first-order valence-corrected chi connectivity index (χ1v) is 7.57. The molecule has 1 aromatic heterocycles. The topological polar surface area (TPSA) is 93.2 Å². The minimum Gasteiger partial charge on any atom is -0.463 e. The van der Waals surface area contributed by atoms with Crippen molar-refractivity contribution in [3.63, 3.8) is 0 Å². The lowest BCUT2D eigenvalue weighted by Crippen LogP contribution is -2.69. The number of aromatic nitrogens is 2. The largest absolute Gasteiger partial charge is 0.463 e. The van der Waals surface area contributed by atoms with Crippen molar-refractivity contribution < 1.29 is 31.9 Å². The fourth-order valence-corrected chi connectivity index (χ4v) is 2.04. The maximum Gasteiger partial charge on any atom is 0.442 e. The van der Waals surface area contributed by atoms with Crippen LogP contribution < -0.4 is 10.6 Å². The Morgan fingerprint density at radius 3 is 2.30 bits per heavy atom. The summed E-state index contributed by atoms with van der Waals surface area (Å²) in [6.45, 7) is 0.889. The second-order valence-electron chi connectivity index (χ2n) is 5.10. The molecule has 0 unspecified atom stereocenters. The summed E-state index contributed by atoms with van der Waals surface area (Å²) in [5.74, 6) is -5.00.